The van der Waals surface area contributed by atoms with Crippen LogP contribution in [0.1, 0.15) is 22.7 Å². The molecule has 0 saturated carbocycles. The third-order valence-electron chi connectivity index (χ3n) is 5.18. The molecule has 9 heteroatoms. The Morgan fingerprint density at radius 1 is 0.938 bits per heavy atom. The van der Waals surface area contributed by atoms with E-state index < -0.39 is 0 Å². The molecule has 0 N–H and O–H groups in total. The van der Waals surface area contributed by atoms with Crippen LogP contribution in [-0.4, -0.2) is 30.1 Å². The Morgan fingerprint density at radius 3 is 2.53 bits per heavy atom. The van der Waals surface area contributed by atoms with E-state index in [2.05, 4.69) is 25.4 Å². The molecular weight excluding hydrogens is 428 g/mol. The van der Waals surface area contributed by atoms with Crippen molar-refractivity contribution >= 4 is 11.6 Å². The van der Waals surface area contributed by atoms with E-state index in [0.29, 0.717) is 34.9 Å². The van der Waals surface area contributed by atoms with Crippen molar-refractivity contribution in [3.8, 4) is 34.4 Å². The van der Waals surface area contributed by atoms with Crippen LogP contribution in [0.4, 0.5) is 0 Å². The zero-order chi connectivity index (χ0) is 22.2. The fourth-order valence-electron chi connectivity index (χ4n) is 3.31. The molecule has 0 aliphatic heterocycles. The second-order valence-corrected chi connectivity index (χ2v) is 7.94. The molecule has 3 aromatic heterocycles. The highest BCUT2D eigenvalue weighted by Gasteiger charge is 2.20. The normalized spacial score (nSPS) is 11.2. The van der Waals surface area contributed by atoms with Gasteiger partial charge in [-0.2, -0.15) is 4.98 Å². The highest BCUT2D eigenvalue weighted by Crippen LogP contribution is 2.26. The fraction of sp³-hybridized carbons (Fsp3) is 0.174. The van der Waals surface area contributed by atoms with E-state index in [1.807, 2.05) is 57.2 Å². The number of aromatic nitrogens is 6. The van der Waals surface area contributed by atoms with Crippen molar-refractivity contribution in [2.24, 2.45) is 0 Å². The molecule has 0 saturated heterocycles. The number of aryl methyl sites for hydroxylation is 2. The molecular formula is C23H19ClN6O2. The molecule has 0 spiro atoms. The van der Waals surface area contributed by atoms with Crippen molar-refractivity contribution in [1.29, 1.82) is 0 Å². The lowest BCUT2D eigenvalue weighted by Crippen LogP contribution is -2.05. The van der Waals surface area contributed by atoms with Gasteiger partial charge >= 0.3 is 0 Å². The summed E-state index contributed by atoms with van der Waals surface area (Å²) in [6.07, 6.45) is 0. The summed E-state index contributed by atoms with van der Waals surface area (Å²) >= 11 is 6.06. The van der Waals surface area contributed by atoms with Gasteiger partial charge in [-0.3, -0.25) is 0 Å². The third kappa shape index (κ3) is 3.80. The average Bonchev–Trinajstić information content (AvgIpc) is 3.49. The molecule has 0 unspecified atom stereocenters. The Hall–Kier alpha value is -3.78. The smallest absolute Gasteiger partial charge is 0.280 e. The lowest BCUT2D eigenvalue weighted by Gasteiger charge is -2.00. The third-order valence-corrected chi connectivity index (χ3v) is 5.42. The van der Waals surface area contributed by atoms with Crippen molar-refractivity contribution in [2.75, 3.05) is 0 Å². The van der Waals surface area contributed by atoms with E-state index in [4.69, 9.17) is 20.5 Å². The van der Waals surface area contributed by atoms with Crippen LogP contribution in [0.3, 0.4) is 0 Å². The van der Waals surface area contributed by atoms with Crippen molar-refractivity contribution < 1.29 is 8.94 Å². The first-order valence-electron chi connectivity index (χ1n) is 10.0. The minimum absolute atomic E-state index is 0.293. The highest BCUT2D eigenvalue weighted by molar-refractivity contribution is 6.30. The Balaban J connectivity index is 1.40. The van der Waals surface area contributed by atoms with Crippen LogP contribution >= 0.6 is 11.6 Å². The quantitative estimate of drug-likeness (QED) is 0.362. The molecule has 0 fully saturated rings. The Bertz CT molecular complexity index is 1400. The number of benzene rings is 2. The van der Waals surface area contributed by atoms with Crippen LogP contribution in [0.2, 0.25) is 5.02 Å². The minimum atomic E-state index is 0.293. The van der Waals surface area contributed by atoms with Gasteiger partial charge in [-0.05, 0) is 45.0 Å². The maximum Gasteiger partial charge on any atom is 0.280 e. The van der Waals surface area contributed by atoms with E-state index in [9.17, 15) is 0 Å². The van der Waals surface area contributed by atoms with Crippen LogP contribution < -0.4 is 0 Å². The van der Waals surface area contributed by atoms with Gasteiger partial charge in [0.05, 0.1) is 12.2 Å². The molecule has 5 rings (SSSR count). The fourth-order valence-corrected chi connectivity index (χ4v) is 3.50. The molecule has 0 amide bonds. The molecule has 32 heavy (non-hydrogen) atoms. The number of hydrogen-bond acceptors (Lipinski definition) is 7. The van der Waals surface area contributed by atoms with E-state index in [0.717, 1.165) is 28.3 Å². The van der Waals surface area contributed by atoms with Crippen molar-refractivity contribution in [2.45, 2.75) is 27.3 Å². The molecule has 0 radical (unpaired) electrons. The number of halogens is 1. The molecule has 5 aromatic rings. The standard InChI is InChI=1S/C23H19ClN6O2/c1-13-7-9-16(10-8-13)22-25-19(15(3)31-22)12-30-14(2)20(27-29-30)23-26-21(28-32-23)17-5-4-6-18(24)11-17/h4-11H,12H2,1-3H3. The molecule has 0 atom stereocenters. The molecule has 0 aliphatic rings. The van der Waals surface area contributed by atoms with Gasteiger partial charge in [0.15, 0.2) is 5.69 Å². The summed E-state index contributed by atoms with van der Waals surface area (Å²) in [5.41, 5.74) is 4.96. The molecule has 2 aromatic carbocycles. The second kappa shape index (κ2) is 8.05. The summed E-state index contributed by atoms with van der Waals surface area (Å²) in [6.45, 7) is 6.25. The maximum atomic E-state index is 6.06. The lowest BCUT2D eigenvalue weighted by atomic mass is 10.1. The topological polar surface area (TPSA) is 95.7 Å². The summed E-state index contributed by atoms with van der Waals surface area (Å²) in [6, 6.07) is 15.3. The molecule has 3 heterocycles. The van der Waals surface area contributed by atoms with Crippen LogP contribution in [-0.2, 0) is 6.54 Å². The summed E-state index contributed by atoms with van der Waals surface area (Å²) in [4.78, 5) is 9.12. The van der Waals surface area contributed by atoms with E-state index in [-0.39, 0.29) is 0 Å². The van der Waals surface area contributed by atoms with Crippen LogP contribution in [0.25, 0.3) is 34.4 Å². The number of nitrogens with zero attached hydrogens (tertiary/aromatic N) is 6. The van der Waals surface area contributed by atoms with Gasteiger partial charge < -0.3 is 8.94 Å². The van der Waals surface area contributed by atoms with Crippen molar-refractivity contribution in [1.82, 2.24) is 30.1 Å². The maximum absolute atomic E-state index is 6.06. The Labute approximate surface area is 188 Å². The van der Waals surface area contributed by atoms with Gasteiger partial charge in [0.2, 0.25) is 11.7 Å². The zero-order valence-electron chi connectivity index (χ0n) is 17.7. The zero-order valence-corrected chi connectivity index (χ0v) is 18.5. The van der Waals surface area contributed by atoms with E-state index in [1.165, 1.54) is 5.56 Å². The first-order valence-corrected chi connectivity index (χ1v) is 10.4. The van der Waals surface area contributed by atoms with Crippen LogP contribution in [0.5, 0.6) is 0 Å². The van der Waals surface area contributed by atoms with Gasteiger partial charge in [0.1, 0.15) is 11.5 Å². The average molecular weight is 447 g/mol. The van der Waals surface area contributed by atoms with Crippen molar-refractivity contribution in [3.63, 3.8) is 0 Å². The predicted octanol–water partition coefficient (Wildman–Crippen LogP) is 5.28. The first-order chi connectivity index (χ1) is 15.5. The van der Waals surface area contributed by atoms with E-state index >= 15 is 0 Å². The summed E-state index contributed by atoms with van der Waals surface area (Å²) in [5.74, 6) is 2.05. The van der Waals surface area contributed by atoms with Gasteiger partial charge in [-0.1, -0.05) is 51.8 Å². The van der Waals surface area contributed by atoms with Crippen LogP contribution in [0, 0.1) is 20.8 Å². The minimum Gasteiger partial charge on any atom is -0.441 e. The number of oxazole rings is 1. The molecule has 0 bridgehead atoms. The van der Waals surface area contributed by atoms with Gasteiger partial charge in [-0.25, -0.2) is 9.67 Å². The molecule has 8 nitrogen and oxygen atoms in total. The number of rotatable bonds is 5. The largest absolute Gasteiger partial charge is 0.441 e. The van der Waals surface area contributed by atoms with Gasteiger partial charge in [0.25, 0.3) is 5.89 Å². The molecule has 160 valence electrons. The first kappa shape index (κ1) is 20.1. The monoisotopic (exact) mass is 446 g/mol. The lowest BCUT2D eigenvalue weighted by molar-refractivity contribution is 0.430. The SMILES string of the molecule is Cc1ccc(-c2nc(Cn3nnc(-c4nc(-c5cccc(Cl)c5)no4)c3C)c(C)o2)cc1. The van der Waals surface area contributed by atoms with Crippen molar-refractivity contribution in [3.05, 3.63) is 76.3 Å². The van der Waals surface area contributed by atoms with E-state index in [1.54, 1.807) is 16.8 Å². The summed E-state index contributed by atoms with van der Waals surface area (Å²) < 4.78 is 13.1. The van der Waals surface area contributed by atoms with Crippen LogP contribution in [0.15, 0.2) is 57.5 Å². The summed E-state index contributed by atoms with van der Waals surface area (Å²) in [5, 5.41) is 13.1. The summed E-state index contributed by atoms with van der Waals surface area (Å²) in [7, 11) is 0. The van der Waals surface area contributed by atoms with Gasteiger partial charge in [0, 0.05) is 16.1 Å². The Kier molecular flexibility index (Phi) is 5.07. The highest BCUT2D eigenvalue weighted by atomic mass is 35.5. The Morgan fingerprint density at radius 2 is 1.75 bits per heavy atom. The second-order valence-electron chi connectivity index (χ2n) is 7.50. The number of hydrogen-bond donors (Lipinski definition) is 0. The predicted molar refractivity (Wildman–Crippen MR) is 119 cm³/mol. The molecule has 0 aliphatic carbocycles. The van der Waals surface area contributed by atoms with Gasteiger partial charge in [-0.15, -0.1) is 5.10 Å².